The zero-order valence-electron chi connectivity index (χ0n) is 21.2. The molecule has 1 saturated heterocycles. The molecule has 1 aromatic heterocycles. The molecule has 2 heterocycles. The molecule has 5 rings (SSSR count). The predicted molar refractivity (Wildman–Crippen MR) is 136 cm³/mol. The largest absolute Gasteiger partial charge is 0.341 e. The quantitative estimate of drug-likeness (QED) is 0.631. The number of nitrogens with zero attached hydrogens (tertiary/aromatic N) is 4. The Morgan fingerprint density at radius 2 is 1.91 bits per heavy atom. The van der Waals surface area contributed by atoms with Gasteiger partial charge in [-0.15, -0.1) is 0 Å². The second-order valence-electron chi connectivity index (χ2n) is 11.9. The normalized spacial score (nSPS) is 30.3. The van der Waals surface area contributed by atoms with Gasteiger partial charge in [0.25, 0.3) is 0 Å². The lowest BCUT2D eigenvalue weighted by Gasteiger charge is -2.50. The summed E-state index contributed by atoms with van der Waals surface area (Å²) in [7, 11) is 0. The summed E-state index contributed by atoms with van der Waals surface area (Å²) in [6.45, 7) is 7.94. The maximum absolute atomic E-state index is 13.4. The topological polar surface area (TPSA) is 74.0 Å². The third-order valence-electron chi connectivity index (χ3n) is 8.63. The van der Waals surface area contributed by atoms with Gasteiger partial charge in [-0.1, -0.05) is 26.0 Å². The number of likely N-dealkylation sites (tertiary alicyclic amines) is 1. The van der Waals surface area contributed by atoms with E-state index in [0.29, 0.717) is 17.5 Å². The molecule has 2 bridgehead atoms. The molecule has 2 aromatic rings. The van der Waals surface area contributed by atoms with Gasteiger partial charge >= 0.3 is 0 Å². The Balaban J connectivity index is 1.13. The number of benzene rings is 1. The summed E-state index contributed by atoms with van der Waals surface area (Å²) in [4.78, 5) is 19.8. The first-order valence-electron chi connectivity index (χ1n) is 13.4. The molecule has 2 unspecified atom stereocenters. The number of carbonyl (C=O) groups excluding carboxylic acids is 1. The molecule has 0 radical (unpaired) electrons. The van der Waals surface area contributed by atoms with E-state index in [-0.39, 0.29) is 5.41 Å². The van der Waals surface area contributed by atoms with E-state index in [9.17, 15) is 4.79 Å². The van der Waals surface area contributed by atoms with Crippen molar-refractivity contribution in [1.82, 2.24) is 19.8 Å². The molecular formula is C29H39N5O. The zero-order chi connectivity index (χ0) is 24.4. The third-order valence-corrected chi connectivity index (χ3v) is 8.63. The van der Waals surface area contributed by atoms with Crippen molar-refractivity contribution in [3.63, 3.8) is 0 Å². The molecule has 2 saturated carbocycles. The van der Waals surface area contributed by atoms with Gasteiger partial charge in [0.05, 0.1) is 23.7 Å². The van der Waals surface area contributed by atoms with E-state index >= 15 is 0 Å². The van der Waals surface area contributed by atoms with Crippen molar-refractivity contribution in [2.24, 2.45) is 23.2 Å². The van der Waals surface area contributed by atoms with Gasteiger partial charge in [0, 0.05) is 44.8 Å². The van der Waals surface area contributed by atoms with Crippen molar-refractivity contribution in [3.05, 3.63) is 53.6 Å². The molecular weight excluding hydrogens is 434 g/mol. The van der Waals surface area contributed by atoms with E-state index < -0.39 is 0 Å². The number of aromatic nitrogens is 2. The Morgan fingerprint density at radius 1 is 1.17 bits per heavy atom. The predicted octanol–water partition coefficient (Wildman–Crippen LogP) is 4.74. The van der Waals surface area contributed by atoms with Crippen LogP contribution < -0.4 is 5.32 Å². The molecule has 2 aliphatic carbocycles. The number of nitrogens with one attached hydrogen (secondary N) is 1. The highest BCUT2D eigenvalue weighted by molar-refractivity contribution is 5.77. The van der Waals surface area contributed by atoms with Gasteiger partial charge in [0.15, 0.2) is 0 Å². The van der Waals surface area contributed by atoms with Crippen LogP contribution >= 0.6 is 0 Å². The fourth-order valence-electron chi connectivity index (χ4n) is 7.48. The second kappa shape index (κ2) is 10.1. The Bertz CT molecular complexity index is 1050. The van der Waals surface area contributed by atoms with Crippen molar-refractivity contribution >= 4 is 5.91 Å². The molecule has 3 atom stereocenters. The average molecular weight is 474 g/mol. The standard InChI is InChI=1S/C29H39N5O/c1-21-9-25-10-22(2)12-29(11-21,13-25)14-28(35)33-8-7-26(19-33)32-17-27-16-31-20-34(27)18-24-5-3-23(15-30)4-6-24/h3-6,16,20-22,25-26,32H,7-14,17-19H2,1-2H3/t21?,22?,25?,26-,29?/m0/s1. The summed E-state index contributed by atoms with van der Waals surface area (Å²) in [6, 6.07) is 10.2. The molecule has 186 valence electrons. The third kappa shape index (κ3) is 5.62. The van der Waals surface area contributed by atoms with Gasteiger partial charge in [0.1, 0.15) is 0 Å². The number of hydrogen-bond acceptors (Lipinski definition) is 4. The van der Waals surface area contributed by atoms with Crippen LogP contribution in [0, 0.1) is 34.5 Å². The average Bonchev–Trinajstić information content (AvgIpc) is 3.46. The lowest BCUT2D eigenvalue weighted by atomic mass is 9.55. The first-order chi connectivity index (χ1) is 16.9. The van der Waals surface area contributed by atoms with E-state index in [0.717, 1.165) is 68.0 Å². The second-order valence-corrected chi connectivity index (χ2v) is 11.9. The van der Waals surface area contributed by atoms with Crippen molar-refractivity contribution in [2.75, 3.05) is 13.1 Å². The maximum atomic E-state index is 13.4. The molecule has 1 amide bonds. The summed E-state index contributed by atoms with van der Waals surface area (Å²) in [6.07, 6.45) is 12.0. The Kier molecular flexibility index (Phi) is 6.98. The van der Waals surface area contributed by atoms with Crippen LogP contribution in [0.1, 0.15) is 75.6 Å². The number of rotatable bonds is 7. The fourth-order valence-corrected chi connectivity index (χ4v) is 7.48. The van der Waals surface area contributed by atoms with E-state index in [1.807, 2.05) is 36.8 Å². The highest BCUT2D eigenvalue weighted by atomic mass is 16.2. The van der Waals surface area contributed by atoms with Crippen LogP contribution in [0.2, 0.25) is 0 Å². The maximum Gasteiger partial charge on any atom is 0.223 e. The summed E-state index contributed by atoms with van der Waals surface area (Å²) in [5, 5.41) is 12.7. The van der Waals surface area contributed by atoms with Gasteiger partial charge in [0.2, 0.25) is 5.91 Å². The lowest BCUT2D eigenvalue weighted by molar-refractivity contribution is -0.135. The Labute approximate surface area is 209 Å². The summed E-state index contributed by atoms with van der Waals surface area (Å²) in [5.41, 5.74) is 3.21. The molecule has 3 fully saturated rings. The minimum absolute atomic E-state index is 0.251. The van der Waals surface area contributed by atoms with Crippen LogP contribution in [-0.4, -0.2) is 39.5 Å². The van der Waals surface area contributed by atoms with Crippen molar-refractivity contribution in [1.29, 1.82) is 5.26 Å². The molecule has 1 aliphatic heterocycles. The van der Waals surface area contributed by atoms with Crippen LogP contribution in [-0.2, 0) is 17.9 Å². The fraction of sp³-hybridized carbons (Fsp3) is 0.621. The highest BCUT2D eigenvalue weighted by Gasteiger charge is 2.46. The van der Waals surface area contributed by atoms with E-state index in [1.54, 1.807) is 0 Å². The van der Waals surface area contributed by atoms with E-state index in [1.165, 1.54) is 32.1 Å². The van der Waals surface area contributed by atoms with Crippen molar-refractivity contribution < 1.29 is 4.79 Å². The highest BCUT2D eigenvalue weighted by Crippen LogP contribution is 2.54. The number of imidazole rings is 1. The first-order valence-corrected chi connectivity index (χ1v) is 13.4. The molecule has 35 heavy (non-hydrogen) atoms. The molecule has 1 N–H and O–H groups in total. The monoisotopic (exact) mass is 473 g/mol. The van der Waals surface area contributed by atoms with Crippen LogP contribution in [0.4, 0.5) is 0 Å². The number of fused-ring (bicyclic) bond motifs is 2. The molecule has 0 spiro atoms. The lowest BCUT2D eigenvalue weighted by Crippen LogP contribution is -2.43. The SMILES string of the molecule is CC1CC2CC(C)CC(CC(=O)N3CC[C@H](NCc4cncn4Cc4ccc(C#N)cc4)C3)(C1)C2. The summed E-state index contributed by atoms with van der Waals surface area (Å²) >= 11 is 0. The van der Waals surface area contributed by atoms with Gasteiger partial charge in [-0.3, -0.25) is 4.79 Å². The van der Waals surface area contributed by atoms with E-state index in [4.69, 9.17) is 5.26 Å². The van der Waals surface area contributed by atoms with Crippen molar-refractivity contribution in [3.8, 4) is 6.07 Å². The smallest absolute Gasteiger partial charge is 0.223 e. The number of amides is 1. The van der Waals surface area contributed by atoms with Crippen LogP contribution in [0.25, 0.3) is 0 Å². The minimum atomic E-state index is 0.251. The van der Waals surface area contributed by atoms with Crippen LogP contribution in [0.5, 0.6) is 0 Å². The van der Waals surface area contributed by atoms with Gasteiger partial charge in [-0.2, -0.15) is 5.26 Å². The molecule has 3 aliphatic rings. The number of nitriles is 1. The molecule has 6 nitrogen and oxygen atoms in total. The first kappa shape index (κ1) is 24.1. The van der Waals surface area contributed by atoms with Gasteiger partial charge < -0.3 is 14.8 Å². The van der Waals surface area contributed by atoms with Crippen LogP contribution in [0.15, 0.2) is 36.8 Å². The molecule has 6 heteroatoms. The van der Waals surface area contributed by atoms with Crippen LogP contribution in [0.3, 0.4) is 0 Å². The minimum Gasteiger partial charge on any atom is -0.341 e. The Hall–Kier alpha value is -2.65. The number of carbonyl (C=O) groups is 1. The Morgan fingerprint density at radius 3 is 2.63 bits per heavy atom. The number of hydrogen-bond donors (Lipinski definition) is 1. The summed E-state index contributed by atoms with van der Waals surface area (Å²) < 4.78 is 2.15. The van der Waals surface area contributed by atoms with Gasteiger partial charge in [-0.25, -0.2) is 4.98 Å². The van der Waals surface area contributed by atoms with E-state index in [2.05, 4.69) is 39.7 Å². The van der Waals surface area contributed by atoms with Gasteiger partial charge in [-0.05, 0) is 79.4 Å². The molecule has 1 aromatic carbocycles. The van der Waals surface area contributed by atoms with Crippen molar-refractivity contribution in [2.45, 2.75) is 77.9 Å². The zero-order valence-corrected chi connectivity index (χ0v) is 21.2. The summed E-state index contributed by atoms with van der Waals surface area (Å²) in [5.74, 6) is 2.73.